The predicted octanol–water partition coefficient (Wildman–Crippen LogP) is -2.64. The monoisotopic (exact) mass is 673 g/mol. The first-order valence-electron chi connectivity index (χ1n) is 14.8. The van der Waals surface area contributed by atoms with E-state index in [-0.39, 0.29) is 24.5 Å². The Morgan fingerprint density at radius 1 is 0.891 bits per heavy atom. The molecule has 2 aliphatic rings. The van der Waals surface area contributed by atoms with E-state index in [9.17, 15) is 43.9 Å². The Balaban J connectivity index is 1.39. The fourth-order valence-corrected chi connectivity index (χ4v) is 6.84. The number of sulfonamides is 1. The minimum atomic E-state index is -3.91. The van der Waals surface area contributed by atoms with Gasteiger partial charge < -0.3 is 59.8 Å². The van der Waals surface area contributed by atoms with E-state index in [1.807, 2.05) is 31.1 Å². The summed E-state index contributed by atoms with van der Waals surface area (Å²) in [5.74, 6) is -0.560. The zero-order chi connectivity index (χ0) is 33.8. The maximum atomic E-state index is 13.2. The molecule has 2 saturated heterocycles. The highest BCUT2D eigenvalue weighted by molar-refractivity contribution is 7.89. The van der Waals surface area contributed by atoms with Crippen molar-refractivity contribution in [2.24, 2.45) is 0 Å². The zero-order valence-corrected chi connectivity index (χ0v) is 26.5. The molecule has 4 rings (SSSR count). The summed E-state index contributed by atoms with van der Waals surface area (Å²) in [4.78, 5) is 14.0. The first-order valence-corrected chi connectivity index (χ1v) is 16.3. The van der Waals surface area contributed by atoms with Crippen molar-refractivity contribution in [1.29, 1.82) is 0 Å². The number of nitrogens with zero attached hydrogens (tertiary/aromatic N) is 1. The molecule has 2 fully saturated rings. The summed E-state index contributed by atoms with van der Waals surface area (Å²) in [5.41, 5.74) is 0.869. The second-order valence-corrected chi connectivity index (χ2v) is 13.1. The molecule has 0 radical (unpaired) electrons. The third-order valence-electron chi connectivity index (χ3n) is 7.89. The standard InChI is InChI=1S/C29H43N3O13S/c1-15(35)31-22-24(37)27(45-29-26(39)25(38)23(36)19(13-33)43-29)20(14-34)44-28(22)42-12-6-11-30-46(40,41)21-10-5-7-16-17(21)8-4-9-18(16)32(2)3/h4-5,7-10,19-20,22-30,33-34,36-39H,6,11-14H2,1-3H3,(H,31,35)/t19-,20-,22-,23+,24-,25+,26-,27-,28-,29+/m1/s1. The van der Waals surface area contributed by atoms with Crippen molar-refractivity contribution < 1.29 is 62.8 Å². The van der Waals surface area contributed by atoms with Crippen LogP contribution in [0.2, 0.25) is 0 Å². The summed E-state index contributed by atoms with van der Waals surface area (Å²) >= 11 is 0. The first kappa shape index (κ1) is 36.3. The number of amides is 1. The molecule has 0 bridgehead atoms. The van der Waals surface area contributed by atoms with Gasteiger partial charge in [0.05, 0.1) is 24.7 Å². The third kappa shape index (κ3) is 7.95. The maximum Gasteiger partial charge on any atom is 0.241 e. The van der Waals surface area contributed by atoms with Crippen LogP contribution in [-0.4, -0.2) is 147 Å². The number of ether oxygens (including phenoxy) is 4. The Kier molecular flexibility index (Phi) is 12.3. The van der Waals surface area contributed by atoms with Crippen LogP contribution in [0.3, 0.4) is 0 Å². The molecule has 8 N–H and O–H groups in total. The van der Waals surface area contributed by atoms with Crippen molar-refractivity contribution in [2.45, 2.75) is 79.6 Å². The maximum absolute atomic E-state index is 13.2. The molecule has 0 saturated carbocycles. The molecule has 2 aromatic rings. The average Bonchev–Trinajstić information content (AvgIpc) is 3.02. The van der Waals surface area contributed by atoms with E-state index in [0.717, 1.165) is 11.1 Å². The van der Waals surface area contributed by atoms with Crippen molar-refractivity contribution >= 4 is 32.4 Å². The largest absolute Gasteiger partial charge is 0.394 e. The highest BCUT2D eigenvalue weighted by atomic mass is 32.2. The summed E-state index contributed by atoms with van der Waals surface area (Å²) in [6, 6.07) is 9.22. The van der Waals surface area contributed by atoms with Crippen LogP contribution in [0.4, 0.5) is 5.69 Å². The SMILES string of the molecule is CC(=O)N[C@H]1[C@H](OCCCNS(=O)(=O)c2cccc3c(N(C)C)cccc23)O[C@H](CO)[C@@H](O[C@@H]2O[C@H](CO)[C@H](O)[C@H](O)[C@H]2O)[C@@H]1O. The Morgan fingerprint density at radius 3 is 2.20 bits per heavy atom. The van der Waals surface area contributed by atoms with Crippen molar-refractivity contribution in [1.82, 2.24) is 10.0 Å². The quantitative estimate of drug-likeness (QED) is 0.102. The van der Waals surface area contributed by atoms with Crippen LogP contribution < -0.4 is 14.9 Å². The zero-order valence-electron chi connectivity index (χ0n) is 25.7. The second kappa shape index (κ2) is 15.6. The topological polar surface area (TPSA) is 237 Å². The fourth-order valence-electron chi connectivity index (χ4n) is 5.55. The predicted molar refractivity (Wildman–Crippen MR) is 162 cm³/mol. The molecule has 0 spiro atoms. The Morgan fingerprint density at radius 2 is 1.54 bits per heavy atom. The Labute approximate surface area is 266 Å². The van der Waals surface area contributed by atoms with Crippen LogP contribution in [0.25, 0.3) is 10.8 Å². The van der Waals surface area contributed by atoms with E-state index in [4.69, 9.17) is 18.9 Å². The number of nitrogens with one attached hydrogen (secondary N) is 2. The van der Waals surface area contributed by atoms with Gasteiger partial charge in [-0.3, -0.25) is 4.79 Å². The van der Waals surface area contributed by atoms with E-state index in [0.29, 0.717) is 5.39 Å². The fraction of sp³-hybridized carbons (Fsp3) is 0.621. The summed E-state index contributed by atoms with van der Waals surface area (Å²) in [6.07, 6.45) is -13.5. The van der Waals surface area contributed by atoms with Crippen molar-refractivity contribution in [3.63, 3.8) is 0 Å². The third-order valence-corrected chi connectivity index (χ3v) is 9.41. The lowest BCUT2D eigenvalue weighted by Gasteiger charge is -2.47. The van der Waals surface area contributed by atoms with Gasteiger partial charge in [0.2, 0.25) is 15.9 Å². The molecule has 0 unspecified atom stereocenters. The number of carbonyl (C=O) groups is 1. The number of hydrogen-bond donors (Lipinski definition) is 8. The van der Waals surface area contributed by atoms with Crippen molar-refractivity contribution in [3.05, 3.63) is 36.4 Å². The number of rotatable bonds is 13. The molecule has 16 nitrogen and oxygen atoms in total. The van der Waals surface area contributed by atoms with Crippen LogP contribution in [0, 0.1) is 0 Å². The van der Waals surface area contributed by atoms with E-state index >= 15 is 0 Å². The summed E-state index contributed by atoms with van der Waals surface area (Å²) < 4.78 is 51.6. The normalized spacial score (nSPS) is 31.9. The smallest absolute Gasteiger partial charge is 0.241 e. The number of carbonyl (C=O) groups excluding carboxylic acids is 1. The van der Waals surface area contributed by atoms with Gasteiger partial charge in [-0.15, -0.1) is 0 Å². The highest BCUT2D eigenvalue weighted by Crippen LogP contribution is 2.31. The number of fused-ring (bicyclic) bond motifs is 1. The van der Waals surface area contributed by atoms with Crippen LogP contribution in [-0.2, 0) is 33.8 Å². The Bertz CT molecular complexity index is 1430. The van der Waals surface area contributed by atoms with Crippen LogP contribution >= 0.6 is 0 Å². The molecule has 0 aliphatic carbocycles. The van der Waals surface area contributed by atoms with Gasteiger partial charge in [-0.1, -0.05) is 24.3 Å². The van der Waals surface area contributed by atoms with E-state index < -0.39 is 90.5 Å². The van der Waals surface area contributed by atoms with Gasteiger partial charge in [0.15, 0.2) is 12.6 Å². The molecule has 2 aromatic carbocycles. The molecule has 2 heterocycles. The van der Waals surface area contributed by atoms with E-state index in [2.05, 4.69) is 10.0 Å². The number of aliphatic hydroxyl groups excluding tert-OH is 6. The van der Waals surface area contributed by atoms with Gasteiger partial charge in [0.25, 0.3) is 0 Å². The summed E-state index contributed by atoms with van der Waals surface area (Å²) in [5, 5.41) is 65.0. The molecule has 1 amide bonds. The second-order valence-electron chi connectivity index (χ2n) is 11.4. The molecule has 10 atom stereocenters. The highest BCUT2D eigenvalue weighted by Gasteiger charge is 2.51. The summed E-state index contributed by atoms with van der Waals surface area (Å²) in [6.45, 7) is -0.311. The molecule has 0 aromatic heterocycles. The lowest BCUT2D eigenvalue weighted by Crippen LogP contribution is -2.67. The lowest BCUT2D eigenvalue weighted by molar-refractivity contribution is -0.348. The minimum Gasteiger partial charge on any atom is -0.394 e. The number of benzene rings is 2. The van der Waals surface area contributed by atoms with Crippen LogP contribution in [0.1, 0.15) is 13.3 Å². The number of aliphatic hydroxyl groups is 6. The molecule has 46 heavy (non-hydrogen) atoms. The van der Waals surface area contributed by atoms with Crippen molar-refractivity contribution in [3.8, 4) is 0 Å². The first-order chi connectivity index (χ1) is 21.8. The van der Waals surface area contributed by atoms with Crippen molar-refractivity contribution in [2.75, 3.05) is 45.4 Å². The van der Waals surface area contributed by atoms with Gasteiger partial charge in [-0.05, 0) is 18.6 Å². The van der Waals surface area contributed by atoms with Gasteiger partial charge in [-0.25, -0.2) is 13.1 Å². The van der Waals surface area contributed by atoms with Gasteiger partial charge in [0.1, 0.15) is 48.8 Å². The number of anilines is 1. The molecular weight excluding hydrogens is 630 g/mol. The molecule has 2 aliphatic heterocycles. The lowest BCUT2D eigenvalue weighted by atomic mass is 9.95. The average molecular weight is 674 g/mol. The van der Waals surface area contributed by atoms with Gasteiger partial charge in [0, 0.05) is 44.0 Å². The van der Waals surface area contributed by atoms with Crippen LogP contribution in [0.15, 0.2) is 41.3 Å². The van der Waals surface area contributed by atoms with E-state index in [1.165, 1.54) is 13.0 Å². The Hall–Kier alpha value is -2.52. The number of hydrogen-bond acceptors (Lipinski definition) is 14. The molecule has 258 valence electrons. The molecule has 17 heteroatoms. The van der Waals surface area contributed by atoms with E-state index in [1.54, 1.807) is 18.2 Å². The van der Waals surface area contributed by atoms with Gasteiger partial charge in [-0.2, -0.15) is 0 Å². The summed E-state index contributed by atoms with van der Waals surface area (Å²) in [7, 11) is -0.164. The van der Waals surface area contributed by atoms with Crippen LogP contribution in [0.5, 0.6) is 0 Å². The van der Waals surface area contributed by atoms with Gasteiger partial charge >= 0.3 is 0 Å². The minimum absolute atomic E-state index is 0.0154. The molecular formula is C29H43N3O13S.